The van der Waals surface area contributed by atoms with Gasteiger partial charge in [-0.1, -0.05) is 66.7 Å². The van der Waals surface area contributed by atoms with Crippen LogP contribution in [0.2, 0.25) is 0 Å². The summed E-state index contributed by atoms with van der Waals surface area (Å²) in [5, 5.41) is 2.39. The van der Waals surface area contributed by atoms with E-state index >= 15 is 0 Å². The molecule has 5 aromatic carbocycles. The Morgan fingerprint density at radius 3 is 1.80 bits per heavy atom. The molecule has 0 aliphatic heterocycles. The van der Waals surface area contributed by atoms with E-state index in [0.29, 0.717) is 0 Å². The van der Waals surface area contributed by atoms with Gasteiger partial charge in [0.1, 0.15) is 0 Å². The van der Waals surface area contributed by atoms with Crippen molar-refractivity contribution in [3.63, 3.8) is 0 Å². The lowest BCUT2D eigenvalue weighted by Gasteiger charge is -2.26. The van der Waals surface area contributed by atoms with Crippen molar-refractivity contribution >= 4 is 33.5 Å². The van der Waals surface area contributed by atoms with Gasteiger partial charge in [-0.05, 0) is 70.1 Å². The fourth-order valence-electron chi connectivity index (χ4n) is 4.61. The first-order chi connectivity index (χ1) is 14.8. The number of benzene rings is 5. The van der Waals surface area contributed by atoms with E-state index in [0.717, 1.165) is 28.1 Å². The molecule has 0 atom stereocenters. The third kappa shape index (κ3) is 2.44. The van der Waals surface area contributed by atoms with Gasteiger partial charge in [0.2, 0.25) is 0 Å². The highest BCUT2D eigenvalue weighted by Gasteiger charge is 2.23. The van der Waals surface area contributed by atoms with Crippen LogP contribution < -0.4 is 10.6 Å². The fourth-order valence-corrected chi connectivity index (χ4v) is 4.61. The molecule has 0 fully saturated rings. The average molecular weight is 384 g/mol. The van der Waals surface area contributed by atoms with Crippen molar-refractivity contribution < 1.29 is 0 Å². The van der Waals surface area contributed by atoms with E-state index in [-0.39, 0.29) is 0 Å². The van der Waals surface area contributed by atoms with Gasteiger partial charge < -0.3 is 10.6 Å². The molecule has 2 heteroatoms. The fraction of sp³-hybridized carbons (Fsp3) is 0. The van der Waals surface area contributed by atoms with E-state index in [1.165, 1.54) is 27.6 Å². The molecular formula is C28H20N2. The SMILES string of the molecule is Nc1ccc2c3c(cccc13)-c1cc(N(c3ccccc3)c3ccccc3)ccc1-2. The van der Waals surface area contributed by atoms with Gasteiger partial charge in [0.15, 0.2) is 0 Å². The molecule has 1 aliphatic carbocycles. The molecule has 142 valence electrons. The topological polar surface area (TPSA) is 29.3 Å². The van der Waals surface area contributed by atoms with Gasteiger partial charge in [0.25, 0.3) is 0 Å². The highest BCUT2D eigenvalue weighted by molar-refractivity contribution is 6.18. The first kappa shape index (κ1) is 16.9. The Morgan fingerprint density at radius 2 is 1.10 bits per heavy atom. The normalized spacial score (nSPS) is 11.5. The van der Waals surface area contributed by atoms with Crippen LogP contribution >= 0.6 is 0 Å². The summed E-state index contributed by atoms with van der Waals surface area (Å²) >= 11 is 0. The number of nitrogens with two attached hydrogens (primary N) is 1. The zero-order chi connectivity index (χ0) is 20.1. The zero-order valence-corrected chi connectivity index (χ0v) is 16.4. The highest BCUT2D eigenvalue weighted by atomic mass is 15.1. The highest BCUT2D eigenvalue weighted by Crippen LogP contribution is 2.50. The number of nitrogen functional groups attached to an aromatic ring is 1. The number of hydrogen-bond donors (Lipinski definition) is 1. The number of fused-ring (bicyclic) bond motifs is 3. The second-order valence-electron chi connectivity index (χ2n) is 7.67. The number of nitrogens with zero attached hydrogens (tertiary/aromatic N) is 1. The summed E-state index contributed by atoms with van der Waals surface area (Å²) in [6, 6.07) is 38.4. The predicted molar refractivity (Wildman–Crippen MR) is 127 cm³/mol. The van der Waals surface area contributed by atoms with Crippen molar-refractivity contribution in [2.24, 2.45) is 0 Å². The van der Waals surface area contributed by atoms with Crippen LogP contribution in [0.15, 0.2) is 109 Å². The Kier molecular flexibility index (Phi) is 3.65. The van der Waals surface area contributed by atoms with Crippen LogP contribution in [0.4, 0.5) is 22.7 Å². The maximum Gasteiger partial charge on any atom is 0.0468 e. The van der Waals surface area contributed by atoms with Crippen LogP contribution in [0.3, 0.4) is 0 Å². The quantitative estimate of drug-likeness (QED) is 0.319. The minimum Gasteiger partial charge on any atom is -0.398 e. The molecule has 30 heavy (non-hydrogen) atoms. The van der Waals surface area contributed by atoms with Crippen LogP contribution in [-0.4, -0.2) is 0 Å². The molecule has 0 unspecified atom stereocenters. The van der Waals surface area contributed by atoms with Gasteiger partial charge in [-0.3, -0.25) is 0 Å². The summed E-state index contributed by atoms with van der Waals surface area (Å²) < 4.78 is 0. The molecule has 1 aliphatic rings. The lowest BCUT2D eigenvalue weighted by Crippen LogP contribution is -2.09. The van der Waals surface area contributed by atoms with Crippen molar-refractivity contribution in [2.75, 3.05) is 10.6 Å². The predicted octanol–water partition coefficient (Wildman–Crippen LogP) is 7.54. The minimum absolute atomic E-state index is 0.832. The molecule has 0 heterocycles. The number of para-hydroxylation sites is 2. The van der Waals surface area contributed by atoms with Crippen LogP contribution in [0, 0.1) is 0 Å². The molecule has 6 rings (SSSR count). The van der Waals surface area contributed by atoms with Crippen molar-refractivity contribution in [2.45, 2.75) is 0 Å². The molecule has 0 saturated carbocycles. The molecule has 5 aromatic rings. The maximum absolute atomic E-state index is 6.28. The van der Waals surface area contributed by atoms with Crippen molar-refractivity contribution in [1.29, 1.82) is 0 Å². The van der Waals surface area contributed by atoms with E-state index in [2.05, 4.69) is 108 Å². The third-order valence-electron chi connectivity index (χ3n) is 5.94. The van der Waals surface area contributed by atoms with Gasteiger partial charge in [-0.15, -0.1) is 0 Å². The summed E-state index contributed by atoms with van der Waals surface area (Å²) in [7, 11) is 0. The number of rotatable bonds is 3. The van der Waals surface area contributed by atoms with Crippen LogP contribution in [0.25, 0.3) is 33.0 Å². The first-order valence-corrected chi connectivity index (χ1v) is 10.2. The summed E-state index contributed by atoms with van der Waals surface area (Å²) in [6.07, 6.45) is 0. The second-order valence-corrected chi connectivity index (χ2v) is 7.67. The Labute approximate surface area is 175 Å². The van der Waals surface area contributed by atoms with E-state index in [9.17, 15) is 0 Å². The third-order valence-corrected chi connectivity index (χ3v) is 5.94. The lowest BCUT2D eigenvalue weighted by atomic mass is 10.0. The largest absolute Gasteiger partial charge is 0.398 e. The van der Waals surface area contributed by atoms with Crippen LogP contribution in [0.5, 0.6) is 0 Å². The average Bonchev–Trinajstić information content (AvgIpc) is 3.12. The lowest BCUT2D eigenvalue weighted by molar-refractivity contribution is 1.28. The molecule has 0 saturated heterocycles. The molecule has 0 bridgehead atoms. The Balaban J connectivity index is 1.58. The molecular weight excluding hydrogens is 364 g/mol. The Bertz CT molecular complexity index is 1350. The van der Waals surface area contributed by atoms with E-state index in [1.54, 1.807) is 0 Å². The van der Waals surface area contributed by atoms with Gasteiger partial charge in [-0.2, -0.15) is 0 Å². The summed E-state index contributed by atoms with van der Waals surface area (Å²) in [6.45, 7) is 0. The van der Waals surface area contributed by atoms with Gasteiger partial charge in [-0.25, -0.2) is 0 Å². The smallest absolute Gasteiger partial charge is 0.0468 e. The van der Waals surface area contributed by atoms with Crippen LogP contribution in [0.1, 0.15) is 0 Å². The standard InChI is InChI=1S/C28H20N2/c29-27-17-16-24-22-15-14-21(18-26(22)23-12-7-13-25(27)28(23)24)30(19-8-3-1-4-9-19)20-10-5-2-6-11-20/h1-18H,29H2. The Hall–Kier alpha value is -4.04. The number of hydrogen-bond acceptors (Lipinski definition) is 2. The minimum atomic E-state index is 0.832. The van der Waals surface area contributed by atoms with Crippen molar-refractivity contribution in [3.05, 3.63) is 109 Å². The Morgan fingerprint density at radius 1 is 0.467 bits per heavy atom. The molecule has 2 nitrogen and oxygen atoms in total. The van der Waals surface area contributed by atoms with E-state index in [4.69, 9.17) is 5.73 Å². The molecule has 0 aromatic heterocycles. The van der Waals surface area contributed by atoms with Gasteiger partial charge in [0.05, 0.1) is 0 Å². The number of anilines is 4. The molecule has 0 amide bonds. The summed E-state index contributed by atoms with van der Waals surface area (Å²) in [4.78, 5) is 2.30. The van der Waals surface area contributed by atoms with Crippen molar-refractivity contribution in [3.8, 4) is 22.3 Å². The van der Waals surface area contributed by atoms with Crippen LogP contribution in [-0.2, 0) is 0 Å². The van der Waals surface area contributed by atoms with Gasteiger partial charge >= 0.3 is 0 Å². The van der Waals surface area contributed by atoms with Crippen molar-refractivity contribution in [1.82, 2.24) is 0 Å². The van der Waals surface area contributed by atoms with Gasteiger partial charge in [0, 0.05) is 28.1 Å². The molecule has 0 spiro atoms. The molecule has 0 radical (unpaired) electrons. The van der Waals surface area contributed by atoms with E-state index in [1.807, 2.05) is 6.07 Å². The monoisotopic (exact) mass is 384 g/mol. The summed E-state index contributed by atoms with van der Waals surface area (Å²) in [5.41, 5.74) is 15.6. The maximum atomic E-state index is 6.28. The van der Waals surface area contributed by atoms with E-state index < -0.39 is 0 Å². The first-order valence-electron chi connectivity index (χ1n) is 10.2. The summed E-state index contributed by atoms with van der Waals surface area (Å²) in [5.74, 6) is 0. The second kappa shape index (κ2) is 6.50. The molecule has 2 N–H and O–H groups in total. The zero-order valence-electron chi connectivity index (χ0n) is 16.4.